The van der Waals surface area contributed by atoms with E-state index in [0.29, 0.717) is 17.9 Å². The Labute approximate surface area is 197 Å². The number of rotatable bonds is 7. The third kappa shape index (κ3) is 5.53. The number of unbranched alkanes of at least 4 members (excludes halogenated alkanes) is 1. The normalized spacial score (nSPS) is 10.7. The molecule has 7 nitrogen and oxygen atoms in total. The summed E-state index contributed by atoms with van der Waals surface area (Å²) in [6, 6.07) is 20.6. The van der Waals surface area contributed by atoms with Gasteiger partial charge in [0.05, 0.1) is 12.3 Å². The molecule has 0 radical (unpaired) electrons. The summed E-state index contributed by atoms with van der Waals surface area (Å²) in [5.41, 5.74) is 4.54. The van der Waals surface area contributed by atoms with Gasteiger partial charge in [-0.25, -0.2) is 0 Å². The van der Waals surface area contributed by atoms with Crippen molar-refractivity contribution in [1.82, 2.24) is 20.3 Å². The van der Waals surface area contributed by atoms with E-state index in [1.165, 1.54) is 0 Å². The van der Waals surface area contributed by atoms with E-state index in [-0.39, 0.29) is 11.0 Å². The van der Waals surface area contributed by atoms with E-state index in [4.69, 9.17) is 17.0 Å². The molecule has 0 spiro atoms. The maximum atomic E-state index is 12.7. The number of hydrogen-bond acceptors (Lipinski definition) is 5. The van der Waals surface area contributed by atoms with E-state index in [9.17, 15) is 4.79 Å². The van der Waals surface area contributed by atoms with Gasteiger partial charge < -0.3 is 10.1 Å². The van der Waals surface area contributed by atoms with Crippen LogP contribution in [0, 0.1) is 6.92 Å². The Morgan fingerprint density at radius 2 is 1.79 bits per heavy atom. The molecular formula is C25H25N5O2S. The van der Waals surface area contributed by atoms with Gasteiger partial charge in [-0.15, -0.1) is 10.2 Å². The zero-order valence-corrected chi connectivity index (χ0v) is 19.4. The molecule has 168 valence electrons. The lowest BCUT2D eigenvalue weighted by molar-refractivity contribution is 0.0977. The molecule has 0 atom stereocenters. The lowest BCUT2D eigenvalue weighted by atomic mass is 10.2. The first-order valence-corrected chi connectivity index (χ1v) is 11.2. The highest BCUT2D eigenvalue weighted by Crippen LogP contribution is 2.22. The van der Waals surface area contributed by atoms with Gasteiger partial charge in [0.25, 0.3) is 5.91 Å². The van der Waals surface area contributed by atoms with Crippen molar-refractivity contribution in [1.29, 1.82) is 0 Å². The van der Waals surface area contributed by atoms with Crippen molar-refractivity contribution in [2.75, 3.05) is 11.9 Å². The summed E-state index contributed by atoms with van der Waals surface area (Å²) in [4.78, 5) is 14.3. The van der Waals surface area contributed by atoms with Crippen LogP contribution < -0.4 is 15.4 Å². The second kappa shape index (κ2) is 10.2. The van der Waals surface area contributed by atoms with Gasteiger partial charge in [0.15, 0.2) is 5.11 Å². The van der Waals surface area contributed by atoms with E-state index >= 15 is 0 Å². The molecule has 8 heteroatoms. The number of thiocarbonyl (C=S) groups is 1. The lowest BCUT2D eigenvalue weighted by Gasteiger charge is -2.12. The van der Waals surface area contributed by atoms with Crippen LogP contribution >= 0.6 is 12.2 Å². The highest BCUT2D eigenvalue weighted by atomic mass is 32.1. The molecule has 0 saturated heterocycles. The fourth-order valence-electron chi connectivity index (χ4n) is 3.27. The Bertz CT molecular complexity index is 1290. The van der Waals surface area contributed by atoms with Crippen LogP contribution in [-0.4, -0.2) is 32.6 Å². The van der Waals surface area contributed by atoms with Gasteiger partial charge in [0.2, 0.25) is 0 Å². The summed E-state index contributed by atoms with van der Waals surface area (Å²) in [7, 11) is 0. The van der Waals surface area contributed by atoms with Crippen molar-refractivity contribution in [2.24, 2.45) is 0 Å². The molecule has 0 aliphatic rings. The van der Waals surface area contributed by atoms with Crippen LogP contribution in [0.3, 0.4) is 0 Å². The lowest BCUT2D eigenvalue weighted by Crippen LogP contribution is -2.34. The molecule has 0 aliphatic carbocycles. The van der Waals surface area contributed by atoms with E-state index in [0.717, 1.165) is 40.8 Å². The fraction of sp³-hybridized carbons (Fsp3) is 0.200. The van der Waals surface area contributed by atoms with Crippen LogP contribution in [0.2, 0.25) is 0 Å². The van der Waals surface area contributed by atoms with Crippen LogP contribution in [-0.2, 0) is 0 Å². The molecular weight excluding hydrogens is 434 g/mol. The Morgan fingerprint density at radius 3 is 2.55 bits per heavy atom. The van der Waals surface area contributed by atoms with Crippen molar-refractivity contribution in [3.63, 3.8) is 0 Å². The molecule has 0 saturated carbocycles. The van der Waals surface area contributed by atoms with Crippen LogP contribution in [0.4, 0.5) is 5.69 Å². The predicted octanol–water partition coefficient (Wildman–Crippen LogP) is 5.03. The summed E-state index contributed by atoms with van der Waals surface area (Å²) in [5, 5.41) is 15.1. The molecule has 0 unspecified atom stereocenters. The van der Waals surface area contributed by atoms with Gasteiger partial charge in [-0.05, 0) is 73.6 Å². The maximum Gasteiger partial charge on any atom is 0.257 e. The number of amides is 1. The Hall–Kier alpha value is -3.78. The van der Waals surface area contributed by atoms with Crippen molar-refractivity contribution in [3.05, 3.63) is 77.9 Å². The van der Waals surface area contributed by atoms with Gasteiger partial charge in [0.1, 0.15) is 16.8 Å². The third-order valence-electron chi connectivity index (χ3n) is 5.05. The molecule has 33 heavy (non-hydrogen) atoms. The monoisotopic (exact) mass is 459 g/mol. The molecule has 4 rings (SSSR count). The number of benzene rings is 3. The molecule has 0 bridgehead atoms. The van der Waals surface area contributed by atoms with Crippen LogP contribution in [0.25, 0.3) is 16.7 Å². The number of anilines is 1. The second-order valence-electron chi connectivity index (χ2n) is 7.62. The largest absolute Gasteiger partial charge is 0.494 e. The van der Waals surface area contributed by atoms with Crippen LogP contribution in [0.5, 0.6) is 5.75 Å². The van der Waals surface area contributed by atoms with Crippen molar-refractivity contribution < 1.29 is 9.53 Å². The number of aromatic nitrogens is 3. The zero-order valence-electron chi connectivity index (χ0n) is 18.5. The first-order chi connectivity index (χ1) is 16.0. The van der Waals surface area contributed by atoms with E-state index in [1.807, 2.05) is 55.5 Å². The number of ether oxygens (including phenoxy) is 1. The topological polar surface area (TPSA) is 81.1 Å². The minimum atomic E-state index is -0.304. The van der Waals surface area contributed by atoms with Gasteiger partial charge in [0, 0.05) is 11.3 Å². The Morgan fingerprint density at radius 1 is 1.03 bits per heavy atom. The van der Waals surface area contributed by atoms with Gasteiger partial charge in [-0.1, -0.05) is 37.6 Å². The number of fused-ring (bicyclic) bond motifs is 1. The zero-order chi connectivity index (χ0) is 23.2. The van der Waals surface area contributed by atoms with Crippen LogP contribution in [0.1, 0.15) is 35.7 Å². The predicted molar refractivity (Wildman–Crippen MR) is 134 cm³/mol. The van der Waals surface area contributed by atoms with E-state index in [2.05, 4.69) is 27.8 Å². The molecule has 4 aromatic rings. The SMILES string of the molecule is CCCCOc1cccc(C(=O)NC(=S)Nc2cc3nn(-c4ccccc4)nc3cc2C)c1. The molecule has 1 aromatic heterocycles. The molecule has 0 fully saturated rings. The number of para-hydroxylation sites is 1. The first-order valence-electron chi connectivity index (χ1n) is 10.8. The molecule has 1 amide bonds. The highest BCUT2D eigenvalue weighted by molar-refractivity contribution is 7.80. The van der Waals surface area contributed by atoms with Crippen LogP contribution in [0.15, 0.2) is 66.7 Å². The number of nitrogens with one attached hydrogen (secondary N) is 2. The first kappa shape index (κ1) is 22.4. The average molecular weight is 460 g/mol. The summed E-state index contributed by atoms with van der Waals surface area (Å²) in [6.07, 6.45) is 2.02. The van der Waals surface area contributed by atoms with Gasteiger partial charge >= 0.3 is 0 Å². The van der Waals surface area contributed by atoms with Crippen molar-refractivity contribution in [2.45, 2.75) is 26.7 Å². The third-order valence-corrected chi connectivity index (χ3v) is 5.26. The standard InChI is InChI=1S/C25H25N5O2S/c1-3-4-13-32-20-12-8-9-18(15-20)24(31)27-25(33)26-21-16-23-22(14-17(21)2)28-30(29-23)19-10-6-5-7-11-19/h5-12,14-16H,3-4,13H2,1-2H3,(H2,26,27,31,33). The summed E-state index contributed by atoms with van der Waals surface area (Å²) < 4.78 is 5.69. The molecule has 2 N–H and O–H groups in total. The highest BCUT2D eigenvalue weighted by Gasteiger charge is 2.12. The van der Waals surface area contributed by atoms with Crippen molar-refractivity contribution in [3.8, 4) is 11.4 Å². The Kier molecular flexibility index (Phi) is 6.95. The number of nitrogens with zero attached hydrogens (tertiary/aromatic N) is 3. The quantitative estimate of drug-likeness (QED) is 0.298. The number of carbonyl (C=O) groups is 1. The summed E-state index contributed by atoms with van der Waals surface area (Å²) >= 11 is 5.38. The average Bonchev–Trinajstić information content (AvgIpc) is 3.23. The molecule has 3 aromatic carbocycles. The maximum absolute atomic E-state index is 12.7. The van der Waals surface area contributed by atoms with Gasteiger partial charge in [-0.3, -0.25) is 10.1 Å². The summed E-state index contributed by atoms with van der Waals surface area (Å²) in [5.74, 6) is 0.361. The smallest absolute Gasteiger partial charge is 0.257 e. The number of hydrogen-bond donors (Lipinski definition) is 2. The molecule has 1 heterocycles. The second-order valence-corrected chi connectivity index (χ2v) is 8.03. The molecule has 0 aliphatic heterocycles. The Balaban J connectivity index is 1.44. The summed E-state index contributed by atoms with van der Waals surface area (Å²) in [6.45, 7) is 4.68. The van der Waals surface area contributed by atoms with E-state index < -0.39 is 0 Å². The minimum Gasteiger partial charge on any atom is -0.494 e. The van der Waals surface area contributed by atoms with E-state index in [1.54, 1.807) is 23.0 Å². The van der Waals surface area contributed by atoms with Gasteiger partial charge in [-0.2, -0.15) is 4.80 Å². The fourth-order valence-corrected chi connectivity index (χ4v) is 3.47. The minimum absolute atomic E-state index is 0.204. The van der Waals surface area contributed by atoms with Crippen molar-refractivity contribution >= 4 is 40.0 Å². The number of aryl methyl sites for hydroxylation is 1. The number of carbonyl (C=O) groups excluding carboxylic acids is 1.